The topological polar surface area (TPSA) is 185 Å². The second kappa shape index (κ2) is 17.2. The van der Waals surface area contributed by atoms with Gasteiger partial charge in [0.1, 0.15) is 16.8 Å². The van der Waals surface area contributed by atoms with Crippen molar-refractivity contribution in [1.29, 1.82) is 0 Å². The summed E-state index contributed by atoms with van der Waals surface area (Å²) < 4.78 is 58.2. The molecule has 0 saturated carbocycles. The van der Waals surface area contributed by atoms with E-state index in [9.17, 15) is 16.8 Å². The monoisotopic (exact) mass is 922 g/mol. The summed E-state index contributed by atoms with van der Waals surface area (Å²) in [6, 6.07) is 49.7. The van der Waals surface area contributed by atoms with Gasteiger partial charge in [-0.1, -0.05) is 91.0 Å². The molecule has 8 heterocycles. The van der Waals surface area contributed by atoms with Crippen LogP contribution >= 0.6 is 0 Å². The Morgan fingerprint density at radius 3 is 1.54 bits per heavy atom. The second-order valence-corrected chi connectivity index (χ2v) is 18.7. The van der Waals surface area contributed by atoms with Gasteiger partial charge in [0.05, 0.1) is 34.9 Å². The van der Waals surface area contributed by atoms with Crippen LogP contribution in [0.25, 0.3) is 66.4 Å². The smallest absolute Gasteiger partial charge is 0.307 e. The number of benzene rings is 3. The number of pyridine rings is 6. The maximum Gasteiger partial charge on any atom is 0.307 e. The number of nitrogens with zero attached hydrogens (tertiary/aromatic N) is 7. The number of nitrogens with one attached hydrogen (secondary N) is 1. The van der Waals surface area contributed by atoms with Crippen LogP contribution in [-0.4, -0.2) is 68.8 Å². The second-order valence-electron chi connectivity index (χ2n) is 15.6. The third-order valence-electron chi connectivity index (χ3n) is 11.1. The van der Waals surface area contributed by atoms with Crippen molar-refractivity contribution in [3.63, 3.8) is 0 Å². The molecule has 0 amide bonds. The number of hydrogen-bond acceptors (Lipinski definition) is 12. The van der Waals surface area contributed by atoms with Gasteiger partial charge in [-0.05, 0) is 65.2 Å². The van der Waals surface area contributed by atoms with E-state index in [0.717, 1.165) is 73.1 Å². The lowest BCUT2D eigenvalue weighted by Gasteiger charge is -2.38. The average molecular weight is 923 g/mol. The molecule has 11 aromatic rings. The third-order valence-corrected chi connectivity index (χ3v) is 12.1. The summed E-state index contributed by atoms with van der Waals surface area (Å²) in [5, 5.41) is 3.89. The Morgan fingerprint density at radius 2 is 1.00 bits per heavy atom. The van der Waals surface area contributed by atoms with E-state index < -0.39 is 25.8 Å². The summed E-state index contributed by atoms with van der Waals surface area (Å²) in [7, 11) is -7.36. The summed E-state index contributed by atoms with van der Waals surface area (Å²) in [6.07, 6.45) is 12.2. The SMILES string of the molecule is CS(=O)(=O)Oc1cc(-c2ccc3c(n2)[nH]c2ccncc23)ccn1.CS(=O)(=O)Oc1cc(-c2ccc3c4cnccc4n(C(c4ccccc4)(c4ccccc4)c4ccccc4)c3n2)ccn1. The Labute approximate surface area is 384 Å². The molecule has 8 aromatic heterocycles. The van der Waals surface area contributed by atoms with Crippen LogP contribution in [0.15, 0.2) is 189 Å². The van der Waals surface area contributed by atoms with E-state index in [1.807, 2.05) is 67.0 Å². The highest BCUT2D eigenvalue weighted by Gasteiger charge is 2.41. The van der Waals surface area contributed by atoms with Crippen LogP contribution in [0.2, 0.25) is 0 Å². The van der Waals surface area contributed by atoms with Crippen LogP contribution in [0, 0.1) is 0 Å². The van der Waals surface area contributed by atoms with E-state index in [1.54, 1.807) is 36.7 Å². The molecule has 0 saturated heterocycles. The minimum absolute atomic E-state index is 0.0118. The first kappa shape index (κ1) is 42.6. The van der Waals surface area contributed by atoms with Crippen molar-refractivity contribution in [1.82, 2.24) is 39.5 Å². The lowest BCUT2D eigenvalue weighted by Crippen LogP contribution is -2.37. The van der Waals surface area contributed by atoms with Gasteiger partial charge in [0.25, 0.3) is 0 Å². The van der Waals surface area contributed by atoms with Gasteiger partial charge in [0, 0.05) is 82.0 Å². The van der Waals surface area contributed by atoms with Gasteiger partial charge in [0.15, 0.2) is 0 Å². The van der Waals surface area contributed by atoms with Gasteiger partial charge in [-0.25, -0.2) is 19.9 Å². The molecule has 0 atom stereocenters. The minimum atomic E-state index is -3.74. The minimum Gasteiger partial charge on any atom is -0.362 e. The maximum atomic E-state index is 11.8. The van der Waals surface area contributed by atoms with Crippen LogP contribution in [-0.2, 0) is 25.8 Å². The van der Waals surface area contributed by atoms with Crippen molar-refractivity contribution in [3.05, 3.63) is 206 Å². The van der Waals surface area contributed by atoms with Gasteiger partial charge in [-0.15, -0.1) is 0 Å². The molecule has 3 aromatic carbocycles. The fourth-order valence-electron chi connectivity index (χ4n) is 8.48. The van der Waals surface area contributed by atoms with E-state index in [-0.39, 0.29) is 11.8 Å². The lowest BCUT2D eigenvalue weighted by atomic mass is 9.76. The zero-order chi connectivity index (χ0) is 46.2. The Kier molecular flexibility index (Phi) is 11.0. The fourth-order valence-corrected chi connectivity index (χ4v) is 9.28. The number of H-pyrrole nitrogens is 1. The highest BCUT2D eigenvalue weighted by Crippen LogP contribution is 2.46. The molecule has 16 heteroatoms. The predicted molar refractivity (Wildman–Crippen MR) is 258 cm³/mol. The average Bonchev–Trinajstić information content (AvgIpc) is 3.88. The maximum absolute atomic E-state index is 11.8. The summed E-state index contributed by atoms with van der Waals surface area (Å²) >= 11 is 0. The molecule has 0 radical (unpaired) electrons. The first-order chi connectivity index (χ1) is 32.4. The Balaban J connectivity index is 0.000000184. The summed E-state index contributed by atoms with van der Waals surface area (Å²) in [4.78, 5) is 29.7. The zero-order valence-corrected chi connectivity index (χ0v) is 37.4. The van der Waals surface area contributed by atoms with Crippen molar-refractivity contribution in [2.24, 2.45) is 0 Å². The summed E-state index contributed by atoms with van der Waals surface area (Å²) in [5.74, 6) is -0.00316. The van der Waals surface area contributed by atoms with Gasteiger partial charge < -0.3 is 17.9 Å². The zero-order valence-electron chi connectivity index (χ0n) is 35.8. The van der Waals surface area contributed by atoms with E-state index in [2.05, 4.69) is 107 Å². The molecule has 1 N–H and O–H groups in total. The number of aromatic amines is 1. The fraction of sp³-hybridized carbons (Fsp3) is 0.0588. The highest BCUT2D eigenvalue weighted by molar-refractivity contribution is 7.86. The number of fused-ring (bicyclic) bond motifs is 6. The van der Waals surface area contributed by atoms with Crippen LogP contribution in [0.5, 0.6) is 11.8 Å². The van der Waals surface area contributed by atoms with Crippen molar-refractivity contribution in [3.8, 4) is 34.3 Å². The molecule has 0 fully saturated rings. The summed E-state index contributed by atoms with van der Waals surface area (Å²) in [6.45, 7) is 0. The molecule has 0 bridgehead atoms. The molecular formula is C51H38N8O6S2. The first-order valence-electron chi connectivity index (χ1n) is 20.8. The molecule has 0 aliphatic rings. The first-order valence-corrected chi connectivity index (χ1v) is 24.4. The van der Waals surface area contributed by atoms with Crippen molar-refractivity contribution < 1.29 is 25.2 Å². The van der Waals surface area contributed by atoms with Crippen LogP contribution in [0.4, 0.5) is 0 Å². The third kappa shape index (κ3) is 8.42. The van der Waals surface area contributed by atoms with E-state index in [4.69, 9.17) is 13.4 Å². The van der Waals surface area contributed by atoms with Crippen molar-refractivity contribution in [2.45, 2.75) is 5.54 Å². The molecule has 11 rings (SSSR count). The van der Waals surface area contributed by atoms with Crippen LogP contribution in [0.3, 0.4) is 0 Å². The van der Waals surface area contributed by atoms with Crippen molar-refractivity contribution >= 4 is 64.1 Å². The Bertz CT molecular complexity index is 3740. The molecule has 0 unspecified atom stereocenters. The summed E-state index contributed by atoms with van der Waals surface area (Å²) in [5.41, 5.74) is 8.54. The highest BCUT2D eigenvalue weighted by atomic mass is 32.2. The normalized spacial score (nSPS) is 12.0. The standard InChI is InChI=1S/C35H26N4O3S.C16H12N4O3S/c1-43(40,41)42-33-23-25(19-22-37-33)31-18-17-29-30-24-36-21-20-32(30)39(34(29)38-31)35(26-11-5-2-6-12-26,27-13-7-3-8-14-27)28-15-9-4-10-16-28;1-24(21,22)23-15-8-10(4-7-18-15)13-3-2-11-12-9-17-6-5-14(12)20-16(11)19-13/h2-24H,1H3;2-9H,1H3,(H,19,20). The van der Waals surface area contributed by atoms with Gasteiger partial charge in [0.2, 0.25) is 11.8 Å². The lowest BCUT2D eigenvalue weighted by molar-refractivity contribution is 0.481. The van der Waals surface area contributed by atoms with Gasteiger partial charge in [-0.2, -0.15) is 16.8 Å². The molecule has 0 aliphatic heterocycles. The molecular weight excluding hydrogens is 885 g/mol. The molecule has 0 aliphatic carbocycles. The van der Waals surface area contributed by atoms with E-state index in [0.29, 0.717) is 22.5 Å². The van der Waals surface area contributed by atoms with E-state index >= 15 is 0 Å². The molecule has 67 heavy (non-hydrogen) atoms. The van der Waals surface area contributed by atoms with Crippen LogP contribution < -0.4 is 8.37 Å². The quantitative estimate of drug-likeness (QED) is 0.101. The van der Waals surface area contributed by atoms with E-state index in [1.165, 1.54) is 12.4 Å². The predicted octanol–water partition coefficient (Wildman–Crippen LogP) is 9.34. The van der Waals surface area contributed by atoms with Gasteiger partial charge in [-0.3, -0.25) is 9.97 Å². The number of hydrogen-bond donors (Lipinski definition) is 1. The Morgan fingerprint density at radius 1 is 0.507 bits per heavy atom. The Hall–Kier alpha value is -8.34. The number of rotatable bonds is 10. The van der Waals surface area contributed by atoms with Crippen LogP contribution in [0.1, 0.15) is 16.7 Å². The molecule has 0 spiro atoms. The molecule has 14 nitrogen and oxygen atoms in total. The number of aromatic nitrogens is 8. The van der Waals surface area contributed by atoms with Gasteiger partial charge >= 0.3 is 20.2 Å². The van der Waals surface area contributed by atoms with Crippen molar-refractivity contribution in [2.75, 3.05) is 12.5 Å². The largest absolute Gasteiger partial charge is 0.362 e. The molecule has 330 valence electrons.